The second kappa shape index (κ2) is 7.04. The largest absolute Gasteiger partial charge is 0.493 e. The van der Waals surface area contributed by atoms with Gasteiger partial charge < -0.3 is 14.2 Å². The van der Waals surface area contributed by atoms with Crippen LogP contribution in [-0.4, -0.2) is 48.8 Å². The molecule has 0 bridgehead atoms. The molecule has 2 aromatic rings. The lowest BCUT2D eigenvalue weighted by Crippen LogP contribution is -2.38. The van der Waals surface area contributed by atoms with Gasteiger partial charge in [0.25, 0.3) is 0 Å². The van der Waals surface area contributed by atoms with E-state index in [9.17, 15) is 0 Å². The Morgan fingerprint density at radius 1 is 1.32 bits per heavy atom. The van der Waals surface area contributed by atoms with Crippen molar-refractivity contribution in [3.8, 4) is 11.5 Å². The second-order valence-electron chi connectivity index (χ2n) is 4.96. The summed E-state index contributed by atoms with van der Waals surface area (Å²) in [6.45, 7) is 3.06. The van der Waals surface area contributed by atoms with E-state index in [1.165, 1.54) is 0 Å². The number of methoxy groups -OCH3 is 2. The summed E-state index contributed by atoms with van der Waals surface area (Å²) in [6.07, 6.45) is 3.59. The SMILES string of the molecule is COc1ccnc(CN2CCOC(c3nccs3)C2)c1OC. The molecule has 118 valence electrons. The zero-order valence-electron chi connectivity index (χ0n) is 12.7. The minimum atomic E-state index is 0.0327. The van der Waals surface area contributed by atoms with E-state index in [1.54, 1.807) is 37.8 Å². The first-order chi connectivity index (χ1) is 10.8. The van der Waals surface area contributed by atoms with Gasteiger partial charge in [-0.1, -0.05) is 0 Å². The third-order valence-corrected chi connectivity index (χ3v) is 4.48. The minimum Gasteiger partial charge on any atom is -0.493 e. The monoisotopic (exact) mass is 321 g/mol. The van der Waals surface area contributed by atoms with Crippen LogP contribution in [0.2, 0.25) is 0 Å². The fourth-order valence-corrected chi connectivity index (χ4v) is 3.24. The van der Waals surface area contributed by atoms with E-state index in [1.807, 2.05) is 11.6 Å². The maximum atomic E-state index is 5.82. The molecule has 22 heavy (non-hydrogen) atoms. The van der Waals surface area contributed by atoms with Gasteiger partial charge in [-0.05, 0) is 0 Å². The topological polar surface area (TPSA) is 56.7 Å². The Labute approximate surface area is 133 Å². The summed E-state index contributed by atoms with van der Waals surface area (Å²) >= 11 is 1.63. The smallest absolute Gasteiger partial charge is 0.183 e. The Morgan fingerprint density at radius 3 is 2.95 bits per heavy atom. The lowest BCUT2D eigenvalue weighted by atomic mass is 10.2. The van der Waals surface area contributed by atoms with Crippen LogP contribution in [0.5, 0.6) is 11.5 Å². The Kier molecular flexibility index (Phi) is 4.87. The maximum absolute atomic E-state index is 5.82. The van der Waals surface area contributed by atoms with Crippen molar-refractivity contribution in [3.63, 3.8) is 0 Å². The highest BCUT2D eigenvalue weighted by Crippen LogP contribution is 2.31. The molecular formula is C15H19N3O3S. The van der Waals surface area contributed by atoms with Crippen LogP contribution in [0.3, 0.4) is 0 Å². The van der Waals surface area contributed by atoms with Crippen LogP contribution in [0.1, 0.15) is 16.8 Å². The Hall–Kier alpha value is -1.70. The molecule has 1 atom stereocenters. The van der Waals surface area contributed by atoms with Crippen molar-refractivity contribution in [1.82, 2.24) is 14.9 Å². The van der Waals surface area contributed by atoms with Crippen molar-refractivity contribution in [2.24, 2.45) is 0 Å². The first-order valence-corrected chi connectivity index (χ1v) is 7.99. The number of hydrogen-bond donors (Lipinski definition) is 0. The molecule has 0 radical (unpaired) electrons. The molecule has 1 fully saturated rings. The van der Waals surface area contributed by atoms with E-state index < -0.39 is 0 Å². The molecule has 7 heteroatoms. The number of rotatable bonds is 5. The average Bonchev–Trinajstić information content (AvgIpc) is 3.09. The molecule has 3 rings (SSSR count). The Balaban J connectivity index is 1.73. The van der Waals surface area contributed by atoms with Crippen LogP contribution in [0.25, 0.3) is 0 Å². The van der Waals surface area contributed by atoms with Gasteiger partial charge in [-0.2, -0.15) is 0 Å². The number of morpholine rings is 1. The van der Waals surface area contributed by atoms with Gasteiger partial charge in [0.1, 0.15) is 16.8 Å². The molecule has 0 spiro atoms. The van der Waals surface area contributed by atoms with Gasteiger partial charge in [-0.3, -0.25) is 9.88 Å². The van der Waals surface area contributed by atoms with E-state index in [0.29, 0.717) is 24.7 Å². The zero-order valence-corrected chi connectivity index (χ0v) is 13.5. The summed E-state index contributed by atoms with van der Waals surface area (Å²) in [5.74, 6) is 1.40. The molecule has 2 aromatic heterocycles. The summed E-state index contributed by atoms with van der Waals surface area (Å²) in [5.41, 5.74) is 0.877. The molecule has 3 heterocycles. The molecule has 1 aliphatic rings. The van der Waals surface area contributed by atoms with Crippen molar-refractivity contribution >= 4 is 11.3 Å². The fraction of sp³-hybridized carbons (Fsp3) is 0.467. The Bertz CT molecular complexity index is 606. The summed E-state index contributed by atoms with van der Waals surface area (Å²) in [6, 6.07) is 1.81. The molecule has 0 aliphatic carbocycles. The highest BCUT2D eigenvalue weighted by atomic mass is 32.1. The lowest BCUT2D eigenvalue weighted by Gasteiger charge is -2.32. The van der Waals surface area contributed by atoms with Crippen LogP contribution < -0.4 is 9.47 Å². The predicted molar refractivity (Wildman–Crippen MR) is 83.4 cm³/mol. The third-order valence-electron chi connectivity index (χ3n) is 3.62. The quantitative estimate of drug-likeness (QED) is 0.841. The molecule has 0 N–H and O–H groups in total. The van der Waals surface area contributed by atoms with Gasteiger partial charge in [0.2, 0.25) is 0 Å². The average molecular weight is 321 g/mol. The van der Waals surface area contributed by atoms with Crippen LogP contribution in [-0.2, 0) is 11.3 Å². The van der Waals surface area contributed by atoms with Crippen LogP contribution in [0, 0.1) is 0 Å². The van der Waals surface area contributed by atoms with E-state index >= 15 is 0 Å². The Morgan fingerprint density at radius 2 is 2.23 bits per heavy atom. The number of thiazole rings is 1. The summed E-state index contributed by atoms with van der Waals surface area (Å²) in [7, 11) is 3.27. The fourth-order valence-electron chi connectivity index (χ4n) is 2.56. The van der Waals surface area contributed by atoms with Crippen molar-refractivity contribution in [2.75, 3.05) is 33.9 Å². The number of nitrogens with zero attached hydrogens (tertiary/aromatic N) is 3. The minimum absolute atomic E-state index is 0.0327. The molecule has 0 amide bonds. The van der Waals surface area contributed by atoms with Crippen LogP contribution in [0.4, 0.5) is 0 Å². The zero-order chi connectivity index (χ0) is 15.4. The van der Waals surface area contributed by atoms with Gasteiger partial charge in [0.05, 0.1) is 20.8 Å². The van der Waals surface area contributed by atoms with E-state index in [4.69, 9.17) is 14.2 Å². The molecule has 0 saturated carbocycles. The highest BCUT2D eigenvalue weighted by molar-refractivity contribution is 7.09. The molecule has 6 nitrogen and oxygen atoms in total. The summed E-state index contributed by atoms with van der Waals surface area (Å²) in [4.78, 5) is 11.1. The molecular weight excluding hydrogens is 302 g/mol. The highest BCUT2D eigenvalue weighted by Gasteiger charge is 2.25. The number of aromatic nitrogens is 2. The maximum Gasteiger partial charge on any atom is 0.183 e. The van der Waals surface area contributed by atoms with E-state index in [0.717, 1.165) is 23.8 Å². The van der Waals surface area contributed by atoms with Gasteiger partial charge in [0.15, 0.2) is 11.5 Å². The summed E-state index contributed by atoms with van der Waals surface area (Å²) < 4.78 is 16.6. The molecule has 1 saturated heterocycles. The standard InChI is InChI=1S/C15H19N3O3S/c1-19-12-3-4-16-11(14(12)20-2)9-18-6-7-21-13(10-18)15-17-5-8-22-15/h3-5,8,13H,6-7,9-10H2,1-2H3. The molecule has 1 unspecified atom stereocenters. The van der Waals surface area contributed by atoms with Gasteiger partial charge in [-0.25, -0.2) is 4.98 Å². The first kappa shape index (κ1) is 15.2. The number of ether oxygens (including phenoxy) is 3. The molecule has 0 aromatic carbocycles. The van der Waals surface area contributed by atoms with E-state index in [2.05, 4.69) is 14.9 Å². The number of hydrogen-bond acceptors (Lipinski definition) is 7. The lowest BCUT2D eigenvalue weighted by molar-refractivity contribution is -0.0335. The van der Waals surface area contributed by atoms with Crippen LogP contribution >= 0.6 is 11.3 Å². The predicted octanol–water partition coefficient (Wildman–Crippen LogP) is 2.13. The van der Waals surface area contributed by atoms with E-state index in [-0.39, 0.29) is 6.10 Å². The van der Waals surface area contributed by atoms with Gasteiger partial charge in [-0.15, -0.1) is 11.3 Å². The normalized spacial score (nSPS) is 19.1. The molecule has 1 aliphatic heterocycles. The van der Waals surface area contributed by atoms with Crippen molar-refractivity contribution in [1.29, 1.82) is 0 Å². The van der Waals surface area contributed by atoms with Crippen LogP contribution in [0.15, 0.2) is 23.8 Å². The summed E-state index contributed by atoms with van der Waals surface area (Å²) in [5, 5.41) is 3.00. The van der Waals surface area contributed by atoms with Crippen molar-refractivity contribution in [3.05, 3.63) is 34.5 Å². The van der Waals surface area contributed by atoms with Gasteiger partial charge >= 0.3 is 0 Å². The third kappa shape index (κ3) is 3.21. The van der Waals surface area contributed by atoms with Crippen molar-refractivity contribution in [2.45, 2.75) is 12.6 Å². The van der Waals surface area contributed by atoms with Gasteiger partial charge in [0, 0.05) is 43.5 Å². The second-order valence-corrected chi connectivity index (χ2v) is 5.88. The van der Waals surface area contributed by atoms with Crippen molar-refractivity contribution < 1.29 is 14.2 Å². The first-order valence-electron chi connectivity index (χ1n) is 7.11. The number of pyridine rings is 1.